The quantitative estimate of drug-likeness (QED) is 0.699. The number of hydrogen-bond donors (Lipinski definition) is 1. The molecule has 1 amide bonds. The molecule has 0 aliphatic rings. The molecule has 3 aromatic rings. The molecule has 1 atom stereocenters. The number of thiophene rings is 2. The number of ether oxygens (including phenoxy) is 1. The molecule has 0 bridgehead atoms. The van der Waals surface area contributed by atoms with Crippen LogP contribution < -0.4 is 5.32 Å². The summed E-state index contributed by atoms with van der Waals surface area (Å²) in [5.74, 6) is -0.604. The third-order valence-electron chi connectivity index (χ3n) is 3.55. The topological polar surface area (TPSA) is 55.4 Å². The molecule has 6 heteroatoms. The minimum atomic E-state index is -0.420. The van der Waals surface area contributed by atoms with Gasteiger partial charge in [0.2, 0.25) is 0 Å². The second-order valence-electron chi connectivity index (χ2n) is 5.05. The Morgan fingerprint density at radius 2 is 1.79 bits per heavy atom. The maximum Gasteiger partial charge on any atom is 0.337 e. The van der Waals surface area contributed by atoms with Crippen molar-refractivity contribution in [1.82, 2.24) is 5.32 Å². The summed E-state index contributed by atoms with van der Waals surface area (Å²) < 4.78 is 4.66. The van der Waals surface area contributed by atoms with Gasteiger partial charge in [0.05, 0.1) is 18.7 Å². The number of carbonyl (C=O) groups excluding carboxylic acids is 2. The highest BCUT2D eigenvalue weighted by Gasteiger charge is 2.19. The van der Waals surface area contributed by atoms with Crippen LogP contribution >= 0.6 is 22.7 Å². The van der Waals surface area contributed by atoms with E-state index in [-0.39, 0.29) is 11.9 Å². The van der Waals surface area contributed by atoms with Crippen LogP contribution in [0.25, 0.3) is 0 Å². The fourth-order valence-electron chi connectivity index (χ4n) is 2.30. The lowest BCUT2D eigenvalue weighted by molar-refractivity contribution is 0.0600. The van der Waals surface area contributed by atoms with Crippen LogP contribution in [0.3, 0.4) is 0 Å². The Hall–Kier alpha value is -2.44. The van der Waals surface area contributed by atoms with Crippen molar-refractivity contribution < 1.29 is 14.3 Å². The van der Waals surface area contributed by atoms with E-state index < -0.39 is 5.97 Å². The summed E-state index contributed by atoms with van der Waals surface area (Å²) >= 11 is 3.20. The molecule has 4 nitrogen and oxygen atoms in total. The van der Waals surface area contributed by atoms with Gasteiger partial charge in [-0.25, -0.2) is 4.79 Å². The van der Waals surface area contributed by atoms with Gasteiger partial charge in [-0.05, 0) is 58.1 Å². The number of carbonyl (C=O) groups is 2. The van der Waals surface area contributed by atoms with E-state index in [2.05, 4.69) is 10.1 Å². The molecule has 0 unspecified atom stereocenters. The molecular formula is C18H15NO3S2. The first-order valence-corrected chi connectivity index (χ1v) is 9.06. The third-order valence-corrected chi connectivity index (χ3v) is 5.19. The molecule has 0 fully saturated rings. The summed E-state index contributed by atoms with van der Waals surface area (Å²) in [6, 6.07) is 12.2. The third kappa shape index (κ3) is 3.55. The van der Waals surface area contributed by atoms with Crippen LogP contribution in [0.5, 0.6) is 0 Å². The van der Waals surface area contributed by atoms with E-state index in [1.165, 1.54) is 7.11 Å². The molecule has 0 spiro atoms. The van der Waals surface area contributed by atoms with Gasteiger partial charge < -0.3 is 10.1 Å². The summed E-state index contributed by atoms with van der Waals surface area (Å²) in [4.78, 5) is 25.1. The van der Waals surface area contributed by atoms with Gasteiger partial charge in [-0.3, -0.25) is 4.79 Å². The van der Waals surface area contributed by atoms with Gasteiger partial charge in [-0.1, -0.05) is 6.07 Å². The number of methoxy groups -OCH3 is 1. The molecule has 0 aliphatic carbocycles. The predicted octanol–water partition coefficient (Wildman–Crippen LogP) is 4.12. The maximum atomic E-state index is 12.6. The molecule has 24 heavy (non-hydrogen) atoms. The second kappa shape index (κ2) is 7.42. The summed E-state index contributed by atoms with van der Waals surface area (Å²) in [5.41, 5.74) is 1.98. The van der Waals surface area contributed by atoms with Crippen molar-refractivity contribution >= 4 is 34.6 Å². The van der Waals surface area contributed by atoms with E-state index in [0.29, 0.717) is 11.1 Å². The average Bonchev–Trinajstić information content (AvgIpc) is 3.32. The Morgan fingerprint density at radius 3 is 2.38 bits per heavy atom. The van der Waals surface area contributed by atoms with Crippen LogP contribution in [0.2, 0.25) is 0 Å². The molecule has 2 aromatic heterocycles. The lowest BCUT2D eigenvalue weighted by Crippen LogP contribution is -2.28. The molecule has 0 saturated heterocycles. The van der Waals surface area contributed by atoms with Crippen molar-refractivity contribution in [2.75, 3.05) is 7.11 Å². The highest BCUT2D eigenvalue weighted by Crippen LogP contribution is 2.28. The lowest BCUT2D eigenvalue weighted by atomic mass is 10.1. The van der Waals surface area contributed by atoms with Gasteiger partial charge in [0.15, 0.2) is 0 Å². The molecule has 0 aliphatic heterocycles. The summed E-state index contributed by atoms with van der Waals surface area (Å²) in [6.45, 7) is 0. The van der Waals surface area contributed by atoms with Crippen molar-refractivity contribution in [3.8, 4) is 0 Å². The number of hydrogen-bond acceptors (Lipinski definition) is 5. The van der Waals surface area contributed by atoms with E-state index in [0.717, 1.165) is 10.4 Å². The largest absolute Gasteiger partial charge is 0.465 e. The fourth-order valence-corrected chi connectivity index (χ4v) is 3.79. The van der Waals surface area contributed by atoms with Crippen LogP contribution in [0.15, 0.2) is 58.6 Å². The first-order chi connectivity index (χ1) is 11.7. The zero-order valence-electron chi connectivity index (χ0n) is 12.9. The molecule has 2 heterocycles. The minimum absolute atomic E-state index is 0.177. The van der Waals surface area contributed by atoms with Crippen LogP contribution in [0.1, 0.15) is 37.2 Å². The molecular weight excluding hydrogens is 342 g/mol. The van der Waals surface area contributed by atoms with Crippen LogP contribution in [0, 0.1) is 0 Å². The number of nitrogens with one attached hydrogen (secondary N) is 1. The number of esters is 1. The Kier molecular flexibility index (Phi) is 5.08. The maximum absolute atomic E-state index is 12.6. The van der Waals surface area contributed by atoms with Gasteiger partial charge in [-0.2, -0.15) is 11.3 Å². The van der Waals surface area contributed by atoms with Gasteiger partial charge in [0, 0.05) is 10.4 Å². The van der Waals surface area contributed by atoms with Gasteiger partial charge in [0.1, 0.15) is 0 Å². The van der Waals surface area contributed by atoms with Crippen molar-refractivity contribution in [2.24, 2.45) is 0 Å². The molecule has 122 valence electrons. The second-order valence-corrected chi connectivity index (χ2v) is 6.81. The van der Waals surface area contributed by atoms with Crippen LogP contribution in [-0.2, 0) is 4.74 Å². The molecule has 0 saturated carbocycles. The van der Waals surface area contributed by atoms with Crippen molar-refractivity contribution in [3.05, 3.63) is 80.2 Å². The van der Waals surface area contributed by atoms with Gasteiger partial charge in [-0.15, -0.1) is 11.3 Å². The van der Waals surface area contributed by atoms with Crippen molar-refractivity contribution in [2.45, 2.75) is 6.04 Å². The zero-order valence-corrected chi connectivity index (χ0v) is 14.5. The predicted molar refractivity (Wildman–Crippen MR) is 95.7 cm³/mol. The standard InChI is InChI=1S/C18H15NO3S2/c1-22-18(21)13-6-4-12(5-7-13)17(20)19-16(14-8-10-23-11-14)15-3-2-9-24-15/h2-11,16H,1H3,(H,19,20)/t16-/m1/s1. The Labute approximate surface area is 147 Å². The Bertz CT molecular complexity index is 774. The molecule has 1 aromatic carbocycles. The molecule has 1 N–H and O–H groups in total. The number of benzene rings is 1. The van der Waals surface area contributed by atoms with E-state index >= 15 is 0 Å². The van der Waals surface area contributed by atoms with E-state index in [1.54, 1.807) is 46.9 Å². The van der Waals surface area contributed by atoms with Gasteiger partial charge in [0.25, 0.3) is 5.91 Å². The highest BCUT2D eigenvalue weighted by atomic mass is 32.1. The van der Waals surface area contributed by atoms with Crippen molar-refractivity contribution in [3.63, 3.8) is 0 Å². The first-order valence-electron chi connectivity index (χ1n) is 7.24. The van der Waals surface area contributed by atoms with Gasteiger partial charge >= 0.3 is 5.97 Å². The SMILES string of the molecule is COC(=O)c1ccc(C(=O)N[C@H](c2ccsc2)c2cccs2)cc1. The number of amides is 1. The Morgan fingerprint density at radius 1 is 1.04 bits per heavy atom. The summed E-state index contributed by atoms with van der Waals surface area (Å²) in [5, 5.41) is 9.08. The highest BCUT2D eigenvalue weighted by molar-refractivity contribution is 7.10. The lowest BCUT2D eigenvalue weighted by Gasteiger charge is -2.16. The normalized spacial score (nSPS) is 11.7. The van der Waals surface area contributed by atoms with Crippen LogP contribution in [-0.4, -0.2) is 19.0 Å². The summed E-state index contributed by atoms with van der Waals surface area (Å²) in [6.07, 6.45) is 0. The van der Waals surface area contributed by atoms with Crippen molar-refractivity contribution in [1.29, 1.82) is 0 Å². The minimum Gasteiger partial charge on any atom is -0.465 e. The first kappa shape index (κ1) is 16.4. The average molecular weight is 357 g/mol. The fraction of sp³-hybridized carbons (Fsp3) is 0.111. The molecule has 0 radical (unpaired) electrons. The van der Waals surface area contributed by atoms with E-state index in [9.17, 15) is 9.59 Å². The Balaban J connectivity index is 1.80. The van der Waals surface area contributed by atoms with E-state index in [4.69, 9.17) is 0 Å². The monoisotopic (exact) mass is 357 g/mol. The van der Waals surface area contributed by atoms with Crippen LogP contribution in [0.4, 0.5) is 0 Å². The summed E-state index contributed by atoms with van der Waals surface area (Å²) in [7, 11) is 1.33. The van der Waals surface area contributed by atoms with E-state index in [1.807, 2.05) is 34.3 Å². The zero-order chi connectivity index (χ0) is 16.9. The smallest absolute Gasteiger partial charge is 0.337 e. The molecule has 3 rings (SSSR count). The number of rotatable bonds is 5.